The second kappa shape index (κ2) is 6.92. The summed E-state index contributed by atoms with van der Waals surface area (Å²) in [5.74, 6) is 0.857. The molecule has 0 bridgehead atoms. The fourth-order valence-corrected chi connectivity index (χ4v) is 3.31. The van der Waals surface area contributed by atoms with Gasteiger partial charge in [0, 0.05) is 23.4 Å². The van der Waals surface area contributed by atoms with E-state index in [1.165, 1.54) is 0 Å². The van der Waals surface area contributed by atoms with Gasteiger partial charge < -0.3 is 15.0 Å². The fourth-order valence-electron chi connectivity index (χ4n) is 3.31. The highest BCUT2D eigenvalue weighted by Crippen LogP contribution is 2.35. The van der Waals surface area contributed by atoms with E-state index in [-0.39, 0.29) is 12.1 Å². The van der Waals surface area contributed by atoms with Crippen molar-refractivity contribution in [2.24, 2.45) is 0 Å². The first-order valence-electron chi connectivity index (χ1n) is 8.60. The van der Waals surface area contributed by atoms with Crippen molar-refractivity contribution in [3.63, 3.8) is 0 Å². The van der Waals surface area contributed by atoms with Gasteiger partial charge in [0.25, 0.3) is 5.91 Å². The van der Waals surface area contributed by atoms with Gasteiger partial charge in [-0.15, -0.1) is 0 Å². The molecule has 0 radical (unpaired) electrons. The molecule has 0 saturated carbocycles. The minimum absolute atomic E-state index is 0.0514. The van der Waals surface area contributed by atoms with Gasteiger partial charge in [-0.25, -0.2) is 0 Å². The highest BCUT2D eigenvalue weighted by molar-refractivity contribution is 5.99. The monoisotopic (exact) mass is 344 g/mol. The average Bonchev–Trinajstić information content (AvgIpc) is 2.95. The number of hydrogen-bond acceptors (Lipinski definition) is 3. The molecule has 1 aliphatic rings. The number of methoxy groups -OCH3 is 1. The zero-order chi connectivity index (χ0) is 17.9. The summed E-state index contributed by atoms with van der Waals surface area (Å²) in [7, 11) is 1.65. The third-order valence-corrected chi connectivity index (χ3v) is 4.65. The number of nitrogens with one attached hydrogen (secondary N) is 1. The number of rotatable bonds is 5. The second-order valence-electron chi connectivity index (χ2n) is 6.28. The van der Waals surface area contributed by atoms with Crippen molar-refractivity contribution in [1.29, 1.82) is 0 Å². The Kier molecular flexibility index (Phi) is 4.32. The number of carbonyl (C=O) groups excluding carboxylic acids is 1. The Balaban J connectivity index is 1.66. The van der Waals surface area contributed by atoms with Crippen LogP contribution in [0.5, 0.6) is 5.75 Å². The standard InChI is InChI=1S/C22H20N2O2/c1-26-18-13-11-17(12-14-18)23-21-19-9-5-6-10-20(19)22(25)24(21)15-16-7-3-2-4-8-16/h2-14,21,23H,15H2,1H3. The van der Waals surface area contributed by atoms with E-state index >= 15 is 0 Å². The Labute approximate surface area is 153 Å². The van der Waals surface area contributed by atoms with E-state index in [2.05, 4.69) is 5.32 Å². The molecule has 0 saturated heterocycles. The summed E-state index contributed by atoms with van der Waals surface area (Å²) in [5.41, 5.74) is 3.81. The van der Waals surface area contributed by atoms with Crippen LogP contribution in [0.4, 0.5) is 5.69 Å². The molecule has 1 amide bonds. The van der Waals surface area contributed by atoms with Gasteiger partial charge in [-0.2, -0.15) is 0 Å². The van der Waals surface area contributed by atoms with Crippen LogP contribution in [0.25, 0.3) is 0 Å². The van der Waals surface area contributed by atoms with Crippen LogP contribution in [0.3, 0.4) is 0 Å². The number of carbonyl (C=O) groups is 1. The Morgan fingerprint density at radius 2 is 1.62 bits per heavy atom. The average molecular weight is 344 g/mol. The highest BCUT2D eigenvalue weighted by atomic mass is 16.5. The number of nitrogens with zero attached hydrogens (tertiary/aromatic N) is 1. The van der Waals surface area contributed by atoms with E-state index in [0.29, 0.717) is 6.54 Å². The second-order valence-corrected chi connectivity index (χ2v) is 6.28. The van der Waals surface area contributed by atoms with Gasteiger partial charge in [0.2, 0.25) is 0 Å². The number of hydrogen-bond donors (Lipinski definition) is 1. The Morgan fingerprint density at radius 1 is 0.923 bits per heavy atom. The van der Waals surface area contributed by atoms with Gasteiger partial charge in [-0.3, -0.25) is 4.79 Å². The summed E-state index contributed by atoms with van der Waals surface area (Å²) < 4.78 is 5.22. The van der Waals surface area contributed by atoms with Crippen molar-refractivity contribution in [3.05, 3.63) is 95.6 Å². The first-order chi connectivity index (χ1) is 12.8. The fraction of sp³-hybridized carbons (Fsp3) is 0.136. The van der Waals surface area contributed by atoms with Gasteiger partial charge in [0.15, 0.2) is 0 Å². The minimum atomic E-state index is -0.202. The molecule has 3 aromatic rings. The molecule has 0 spiro atoms. The van der Waals surface area contributed by atoms with Gasteiger partial charge in [-0.05, 0) is 35.9 Å². The molecule has 4 rings (SSSR count). The van der Waals surface area contributed by atoms with Gasteiger partial charge in [-0.1, -0.05) is 48.5 Å². The zero-order valence-corrected chi connectivity index (χ0v) is 14.6. The molecule has 4 heteroatoms. The first kappa shape index (κ1) is 16.2. The summed E-state index contributed by atoms with van der Waals surface area (Å²) in [4.78, 5) is 14.8. The topological polar surface area (TPSA) is 41.6 Å². The smallest absolute Gasteiger partial charge is 0.256 e. The van der Waals surface area contributed by atoms with Crippen molar-refractivity contribution >= 4 is 11.6 Å². The van der Waals surface area contributed by atoms with Crippen molar-refractivity contribution in [1.82, 2.24) is 4.90 Å². The number of ether oxygens (including phenoxy) is 1. The van der Waals surface area contributed by atoms with Crippen molar-refractivity contribution in [2.75, 3.05) is 12.4 Å². The van der Waals surface area contributed by atoms with Crippen LogP contribution in [-0.4, -0.2) is 17.9 Å². The van der Waals surface area contributed by atoms with Crippen LogP contribution < -0.4 is 10.1 Å². The maximum atomic E-state index is 13.0. The molecule has 1 unspecified atom stereocenters. The third-order valence-electron chi connectivity index (χ3n) is 4.65. The van der Waals surface area contributed by atoms with Crippen molar-refractivity contribution in [3.8, 4) is 5.75 Å². The molecular weight excluding hydrogens is 324 g/mol. The van der Waals surface area contributed by atoms with Gasteiger partial charge >= 0.3 is 0 Å². The molecule has 1 N–H and O–H groups in total. The molecule has 0 aliphatic carbocycles. The zero-order valence-electron chi connectivity index (χ0n) is 14.6. The molecule has 0 fully saturated rings. The predicted octanol–water partition coefficient (Wildman–Crippen LogP) is 4.46. The number of anilines is 1. The Bertz CT molecular complexity index is 907. The lowest BCUT2D eigenvalue weighted by Crippen LogP contribution is -2.31. The highest BCUT2D eigenvalue weighted by Gasteiger charge is 2.36. The van der Waals surface area contributed by atoms with Gasteiger partial charge in [0.1, 0.15) is 11.9 Å². The summed E-state index contributed by atoms with van der Waals surface area (Å²) in [6.07, 6.45) is -0.202. The number of fused-ring (bicyclic) bond motifs is 1. The van der Waals surface area contributed by atoms with E-state index in [1.807, 2.05) is 83.8 Å². The van der Waals surface area contributed by atoms with Gasteiger partial charge in [0.05, 0.1) is 7.11 Å². The maximum Gasteiger partial charge on any atom is 0.256 e. The Hall–Kier alpha value is -3.27. The maximum absolute atomic E-state index is 13.0. The van der Waals surface area contributed by atoms with Crippen LogP contribution >= 0.6 is 0 Å². The van der Waals surface area contributed by atoms with E-state index < -0.39 is 0 Å². The Morgan fingerprint density at radius 3 is 2.35 bits per heavy atom. The molecule has 1 aliphatic heterocycles. The van der Waals surface area contributed by atoms with Crippen molar-refractivity contribution < 1.29 is 9.53 Å². The SMILES string of the molecule is COc1ccc(NC2c3ccccc3C(=O)N2Cc2ccccc2)cc1. The number of benzene rings is 3. The summed E-state index contributed by atoms with van der Waals surface area (Å²) in [5, 5.41) is 3.50. The quantitative estimate of drug-likeness (QED) is 0.743. The summed E-state index contributed by atoms with van der Waals surface area (Å²) in [6.45, 7) is 0.558. The van der Waals surface area contributed by atoms with E-state index in [4.69, 9.17) is 4.74 Å². The molecule has 130 valence electrons. The van der Waals surface area contributed by atoms with E-state index in [1.54, 1.807) is 7.11 Å². The molecule has 4 nitrogen and oxygen atoms in total. The molecule has 1 atom stereocenters. The molecule has 3 aromatic carbocycles. The largest absolute Gasteiger partial charge is 0.497 e. The first-order valence-corrected chi connectivity index (χ1v) is 8.60. The number of amides is 1. The molecule has 1 heterocycles. The lowest BCUT2D eigenvalue weighted by Gasteiger charge is -2.27. The van der Waals surface area contributed by atoms with Crippen LogP contribution in [0, 0.1) is 0 Å². The van der Waals surface area contributed by atoms with Crippen LogP contribution in [0.15, 0.2) is 78.9 Å². The molecular formula is C22H20N2O2. The normalized spacial score (nSPS) is 15.7. The predicted molar refractivity (Wildman–Crippen MR) is 102 cm³/mol. The van der Waals surface area contributed by atoms with E-state index in [9.17, 15) is 4.79 Å². The lowest BCUT2D eigenvalue weighted by molar-refractivity contribution is 0.0729. The third kappa shape index (κ3) is 3.02. The lowest BCUT2D eigenvalue weighted by atomic mass is 10.1. The van der Waals surface area contributed by atoms with Crippen LogP contribution in [-0.2, 0) is 6.54 Å². The summed E-state index contributed by atoms with van der Waals surface area (Å²) in [6, 6.07) is 25.6. The minimum Gasteiger partial charge on any atom is -0.497 e. The summed E-state index contributed by atoms with van der Waals surface area (Å²) >= 11 is 0. The van der Waals surface area contributed by atoms with Crippen molar-refractivity contribution in [2.45, 2.75) is 12.7 Å². The molecule has 0 aromatic heterocycles. The van der Waals surface area contributed by atoms with E-state index in [0.717, 1.165) is 28.1 Å². The van der Waals surface area contributed by atoms with Crippen LogP contribution in [0.2, 0.25) is 0 Å². The van der Waals surface area contributed by atoms with Crippen LogP contribution in [0.1, 0.15) is 27.7 Å². The molecule has 26 heavy (non-hydrogen) atoms.